The molecule has 0 radical (unpaired) electrons. The number of hydrogen-bond acceptors (Lipinski definition) is 6. The first-order chi connectivity index (χ1) is 14.5. The second kappa shape index (κ2) is 7.34. The van der Waals surface area contributed by atoms with E-state index in [1.54, 1.807) is 0 Å². The number of hydrogen-bond donors (Lipinski definition) is 2. The van der Waals surface area contributed by atoms with E-state index in [4.69, 9.17) is 25.8 Å². The summed E-state index contributed by atoms with van der Waals surface area (Å²) in [6.07, 6.45) is 0.397. The summed E-state index contributed by atoms with van der Waals surface area (Å²) in [6.45, 7) is 2.21. The molecule has 2 aromatic carbocycles. The molecule has 2 unspecified atom stereocenters. The number of nitrogens with one attached hydrogen (secondary N) is 2. The van der Waals surface area contributed by atoms with Gasteiger partial charge >= 0.3 is 11.9 Å². The number of rotatable bonds is 3. The van der Waals surface area contributed by atoms with E-state index in [0.29, 0.717) is 17.9 Å². The Morgan fingerprint density at radius 1 is 1.17 bits per heavy atom. The average molecular weight is 427 g/mol. The van der Waals surface area contributed by atoms with Gasteiger partial charge in [0.2, 0.25) is 6.79 Å². The van der Waals surface area contributed by atoms with Gasteiger partial charge < -0.3 is 19.2 Å². The molecule has 2 atom stereocenters. The smallest absolute Gasteiger partial charge is 0.331 e. The molecule has 3 heterocycles. The molecule has 0 aliphatic carbocycles. The molecular weight excluding hydrogens is 408 g/mol. The van der Waals surface area contributed by atoms with Gasteiger partial charge in [0.05, 0.1) is 6.04 Å². The zero-order valence-corrected chi connectivity index (χ0v) is 16.9. The monoisotopic (exact) mass is 426 g/mol. The lowest BCUT2D eigenvalue weighted by atomic mass is 9.90. The van der Waals surface area contributed by atoms with Crippen molar-refractivity contribution in [3.63, 3.8) is 0 Å². The van der Waals surface area contributed by atoms with E-state index >= 15 is 0 Å². The van der Waals surface area contributed by atoms with Crippen molar-refractivity contribution >= 4 is 34.4 Å². The predicted octanol–water partition coefficient (Wildman–Crippen LogP) is 3.12. The molecule has 2 aliphatic rings. The minimum Gasteiger partial charge on any atom is -0.454 e. The molecule has 0 bridgehead atoms. The number of ether oxygens (including phenoxy) is 3. The maximum Gasteiger partial charge on any atom is 0.331 e. The van der Waals surface area contributed by atoms with Gasteiger partial charge in [-0.1, -0.05) is 17.7 Å². The van der Waals surface area contributed by atoms with E-state index in [1.807, 2.05) is 37.3 Å². The van der Waals surface area contributed by atoms with Crippen LogP contribution in [0.4, 0.5) is 0 Å². The molecule has 154 valence electrons. The number of halogens is 1. The van der Waals surface area contributed by atoms with Gasteiger partial charge in [0, 0.05) is 23.0 Å². The summed E-state index contributed by atoms with van der Waals surface area (Å²) < 4.78 is 15.8. The molecule has 0 amide bonds. The first kappa shape index (κ1) is 19.0. The van der Waals surface area contributed by atoms with Crippen LogP contribution < -0.4 is 14.8 Å². The first-order valence-corrected chi connectivity index (χ1v) is 10.1. The van der Waals surface area contributed by atoms with Gasteiger partial charge in [0.1, 0.15) is 11.9 Å². The number of carbonyl (C=O) groups is 2. The number of alkyl halides is 1. The van der Waals surface area contributed by atoms with Crippen LogP contribution in [0.3, 0.4) is 0 Å². The van der Waals surface area contributed by atoms with E-state index in [0.717, 1.165) is 33.3 Å². The number of fused-ring (bicyclic) bond motifs is 4. The number of carbonyl (C=O) groups excluding carboxylic acids is 2. The van der Waals surface area contributed by atoms with E-state index < -0.39 is 18.0 Å². The second-order valence-electron chi connectivity index (χ2n) is 7.46. The molecule has 8 heteroatoms. The van der Waals surface area contributed by atoms with Crippen LogP contribution in [0, 0.1) is 6.92 Å². The van der Waals surface area contributed by atoms with Gasteiger partial charge in [-0.2, -0.15) is 0 Å². The lowest BCUT2D eigenvalue weighted by Crippen LogP contribution is -2.46. The highest BCUT2D eigenvalue weighted by atomic mass is 35.5. The number of aryl methyl sites for hydroxylation is 1. The Morgan fingerprint density at radius 3 is 2.83 bits per heavy atom. The first-order valence-electron chi connectivity index (χ1n) is 9.60. The van der Waals surface area contributed by atoms with Crippen molar-refractivity contribution in [2.24, 2.45) is 0 Å². The summed E-state index contributed by atoms with van der Waals surface area (Å²) in [5, 5.41) is 4.38. The molecule has 30 heavy (non-hydrogen) atoms. The number of aromatic nitrogens is 1. The second-order valence-corrected chi connectivity index (χ2v) is 7.73. The Hall–Kier alpha value is -3.03. The van der Waals surface area contributed by atoms with Crippen LogP contribution in [-0.2, 0) is 20.7 Å². The summed E-state index contributed by atoms with van der Waals surface area (Å²) in [4.78, 5) is 27.7. The maximum absolute atomic E-state index is 12.6. The molecule has 0 fully saturated rings. The molecule has 0 saturated carbocycles. The number of benzene rings is 2. The van der Waals surface area contributed by atoms with Gasteiger partial charge in [-0.05, 0) is 42.3 Å². The number of esters is 2. The number of aromatic amines is 1. The third-order valence-corrected chi connectivity index (χ3v) is 5.72. The van der Waals surface area contributed by atoms with Crippen LogP contribution in [0.15, 0.2) is 36.4 Å². The third kappa shape index (κ3) is 3.20. The summed E-state index contributed by atoms with van der Waals surface area (Å²) in [5.74, 6) is -0.431. The molecule has 2 aliphatic heterocycles. The van der Waals surface area contributed by atoms with Crippen LogP contribution in [0.5, 0.6) is 11.5 Å². The Balaban J connectivity index is 1.59. The average Bonchev–Trinajstić information content (AvgIpc) is 3.36. The van der Waals surface area contributed by atoms with E-state index in [2.05, 4.69) is 16.4 Å². The predicted molar refractivity (Wildman–Crippen MR) is 110 cm³/mol. The molecule has 0 spiro atoms. The van der Waals surface area contributed by atoms with Crippen LogP contribution in [0.2, 0.25) is 0 Å². The third-order valence-electron chi connectivity index (χ3n) is 5.50. The van der Waals surface area contributed by atoms with Gasteiger partial charge in [-0.25, -0.2) is 4.79 Å². The SMILES string of the molecule is Cc1ccc2[nH]c3c(c2c1)CC(C(=O)OC(=O)CCl)NC3c1ccc2c(c1)OCO2. The molecule has 2 N–H and O–H groups in total. The summed E-state index contributed by atoms with van der Waals surface area (Å²) in [5.41, 5.74) is 5.02. The van der Waals surface area contributed by atoms with E-state index in [1.165, 1.54) is 0 Å². The highest BCUT2D eigenvalue weighted by molar-refractivity contribution is 6.27. The summed E-state index contributed by atoms with van der Waals surface area (Å²) >= 11 is 5.49. The molecule has 3 aromatic rings. The zero-order valence-electron chi connectivity index (χ0n) is 16.2. The number of H-pyrrole nitrogens is 1. The molecule has 5 rings (SSSR count). The van der Waals surface area contributed by atoms with Crippen molar-refractivity contribution in [3.8, 4) is 11.5 Å². The van der Waals surface area contributed by atoms with Crippen LogP contribution in [0.1, 0.15) is 28.4 Å². The fraction of sp³-hybridized carbons (Fsp3) is 0.273. The quantitative estimate of drug-likeness (QED) is 0.380. The summed E-state index contributed by atoms with van der Waals surface area (Å²) in [7, 11) is 0. The Bertz CT molecular complexity index is 1170. The Morgan fingerprint density at radius 2 is 2.00 bits per heavy atom. The van der Waals surface area contributed by atoms with Crippen molar-refractivity contribution in [1.29, 1.82) is 0 Å². The van der Waals surface area contributed by atoms with E-state index in [9.17, 15) is 9.59 Å². The van der Waals surface area contributed by atoms with Crippen molar-refractivity contribution in [1.82, 2.24) is 10.3 Å². The topological polar surface area (TPSA) is 89.7 Å². The molecule has 0 saturated heterocycles. The molecule has 7 nitrogen and oxygen atoms in total. The standard InChI is InChI=1S/C22H19ClN2O5/c1-11-2-4-15-13(6-11)14-8-16(22(27)30-19(26)9-23)25-20(21(14)24-15)12-3-5-17-18(7-12)29-10-28-17/h2-7,16,20,24-25H,8-10H2,1H3. The van der Waals surface area contributed by atoms with Crippen molar-refractivity contribution < 1.29 is 23.8 Å². The van der Waals surface area contributed by atoms with E-state index in [-0.39, 0.29) is 18.7 Å². The highest BCUT2D eigenvalue weighted by Gasteiger charge is 2.36. The van der Waals surface area contributed by atoms with Gasteiger partial charge in [0.15, 0.2) is 11.5 Å². The molecule has 1 aromatic heterocycles. The van der Waals surface area contributed by atoms with Gasteiger partial charge in [-0.3, -0.25) is 10.1 Å². The Labute approximate surface area is 177 Å². The lowest BCUT2D eigenvalue weighted by molar-refractivity contribution is -0.159. The lowest BCUT2D eigenvalue weighted by Gasteiger charge is -2.30. The normalized spacial score (nSPS) is 19.5. The van der Waals surface area contributed by atoms with Crippen LogP contribution >= 0.6 is 11.6 Å². The van der Waals surface area contributed by atoms with Crippen LogP contribution in [0.25, 0.3) is 10.9 Å². The molecular formula is C22H19ClN2O5. The van der Waals surface area contributed by atoms with Crippen LogP contribution in [-0.4, -0.2) is 35.6 Å². The largest absolute Gasteiger partial charge is 0.454 e. The summed E-state index contributed by atoms with van der Waals surface area (Å²) in [6, 6.07) is 10.8. The highest BCUT2D eigenvalue weighted by Crippen LogP contribution is 2.39. The zero-order chi connectivity index (χ0) is 20.8. The van der Waals surface area contributed by atoms with Crippen molar-refractivity contribution in [2.45, 2.75) is 25.4 Å². The fourth-order valence-electron chi connectivity index (χ4n) is 4.11. The Kier molecular flexibility index (Phi) is 4.64. The van der Waals surface area contributed by atoms with Gasteiger partial charge in [-0.15, -0.1) is 11.6 Å². The van der Waals surface area contributed by atoms with Crippen molar-refractivity contribution in [2.75, 3.05) is 12.7 Å². The fourth-order valence-corrected chi connectivity index (χ4v) is 4.17. The van der Waals surface area contributed by atoms with Gasteiger partial charge in [0.25, 0.3) is 0 Å². The minimum atomic E-state index is -0.760. The van der Waals surface area contributed by atoms with Crippen molar-refractivity contribution in [3.05, 3.63) is 58.8 Å². The maximum atomic E-state index is 12.6. The minimum absolute atomic E-state index is 0.184.